The first kappa shape index (κ1) is 13.1. The number of methoxy groups -OCH3 is 1. The molecule has 1 aromatic heterocycles. The molecule has 1 unspecified atom stereocenters. The number of carbonyl (C=O) groups excluding carboxylic acids is 2. The Bertz CT molecular complexity index is 365. The maximum absolute atomic E-state index is 11.3. The number of carbonyl (C=O) groups is 2. The molecular weight excluding hydrogens is 228 g/mol. The minimum Gasteiger partial charge on any atom is -0.467 e. The second-order valence-electron chi connectivity index (χ2n) is 3.25. The first-order chi connectivity index (χ1) is 8.13. The maximum atomic E-state index is 11.3. The fourth-order valence-corrected chi connectivity index (χ4v) is 1.08. The van der Waals surface area contributed by atoms with Gasteiger partial charge in [-0.1, -0.05) is 0 Å². The Morgan fingerprint density at radius 3 is 2.94 bits per heavy atom. The van der Waals surface area contributed by atoms with Crippen LogP contribution in [0.3, 0.4) is 0 Å². The van der Waals surface area contributed by atoms with E-state index in [9.17, 15) is 14.7 Å². The lowest BCUT2D eigenvalue weighted by atomic mass is 10.3. The number of hydrogen-bond donors (Lipinski definition) is 2. The molecule has 2 N–H and O–H groups in total. The number of aryl methyl sites for hydroxylation is 1. The molecule has 17 heavy (non-hydrogen) atoms. The van der Waals surface area contributed by atoms with E-state index in [1.54, 1.807) is 0 Å². The van der Waals surface area contributed by atoms with E-state index < -0.39 is 12.1 Å². The zero-order valence-corrected chi connectivity index (χ0v) is 9.37. The van der Waals surface area contributed by atoms with Gasteiger partial charge >= 0.3 is 5.97 Å². The lowest BCUT2D eigenvalue weighted by Crippen LogP contribution is -2.37. The van der Waals surface area contributed by atoms with Gasteiger partial charge in [0.2, 0.25) is 5.91 Å². The van der Waals surface area contributed by atoms with Crippen LogP contribution in [0.2, 0.25) is 0 Å². The average Bonchev–Trinajstić information content (AvgIpc) is 2.85. The zero-order chi connectivity index (χ0) is 12.7. The molecule has 0 aliphatic rings. The normalized spacial score (nSPS) is 11.9. The van der Waals surface area contributed by atoms with Crippen LogP contribution in [0, 0.1) is 0 Å². The smallest absolute Gasteiger partial charge is 0.336 e. The third-order valence-corrected chi connectivity index (χ3v) is 2.00. The van der Waals surface area contributed by atoms with Crippen molar-refractivity contribution < 1.29 is 19.4 Å². The molecule has 94 valence electrons. The van der Waals surface area contributed by atoms with Crippen LogP contribution < -0.4 is 5.32 Å². The number of nitrogens with zero attached hydrogens (tertiary/aromatic N) is 3. The third kappa shape index (κ3) is 4.60. The number of hydrogen-bond acceptors (Lipinski definition) is 6. The Balaban J connectivity index is 2.19. The van der Waals surface area contributed by atoms with Crippen molar-refractivity contribution in [2.75, 3.05) is 13.7 Å². The van der Waals surface area contributed by atoms with E-state index in [0.29, 0.717) is 6.54 Å². The molecular formula is C9H14N4O4. The Morgan fingerprint density at radius 1 is 1.59 bits per heavy atom. The first-order valence-electron chi connectivity index (χ1n) is 4.98. The quantitative estimate of drug-likeness (QED) is 0.577. The molecule has 8 nitrogen and oxygen atoms in total. The molecule has 0 saturated carbocycles. The number of esters is 1. The molecule has 1 aromatic rings. The molecule has 8 heteroatoms. The maximum Gasteiger partial charge on any atom is 0.336 e. The average molecular weight is 242 g/mol. The topological polar surface area (TPSA) is 106 Å². The van der Waals surface area contributed by atoms with Gasteiger partial charge in [0.05, 0.1) is 20.2 Å². The van der Waals surface area contributed by atoms with Gasteiger partial charge in [0.25, 0.3) is 0 Å². The molecule has 1 heterocycles. The van der Waals surface area contributed by atoms with Gasteiger partial charge in [-0.2, -0.15) is 5.10 Å². The molecule has 0 aliphatic carbocycles. The summed E-state index contributed by atoms with van der Waals surface area (Å²) in [6.07, 6.45) is 1.72. The molecule has 1 amide bonds. The van der Waals surface area contributed by atoms with Crippen molar-refractivity contribution in [1.29, 1.82) is 0 Å². The minimum absolute atomic E-state index is 0.164. The predicted octanol–water partition coefficient (Wildman–Crippen LogP) is -1.68. The van der Waals surface area contributed by atoms with Crippen LogP contribution in [0.4, 0.5) is 0 Å². The van der Waals surface area contributed by atoms with Crippen LogP contribution in [0.25, 0.3) is 0 Å². The number of aliphatic hydroxyl groups is 1. The van der Waals surface area contributed by atoms with E-state index in [-0.39, 0.29) is 18.9 Å². The van der Waals surface area contributed by atoms with Crippen LogP contribution in [-0.4, -0.2) is 51.5 Å². The number of nitrogens with one attached hydrogen (secondary N) is 1. The van der Waals surface area contributed by atoms with Crippen molar-refractivity contribution in [1.82, 2.24) is 20.1 Å². The molecule has 1 atom stereocenters. The Labute approximate surface area is 97.6 Å². The number of aromatic nitrogens is 3. The fourth-order valence-electron chi connectivity index (χ4n) is 1.08. The van der Waals surface area contributed by atoms with Crippen molar-refractivity contribution in [3.05, 3.63) is 12.7 Å². The van der Waals surface area contributed by atoms with E-state index in [1.807, 2.05) is 0 Å². The highest BCUT2D eigenvalue weighted by Crippen LogP contribution is 1.89. The monoisotopic (exact) mass is 242 g/mol. The summed E-state index contributed by atoms with van der Waals surface area (Å²) in [5.41, 5.74) is 0. The zero-order valence-electron chi connectivity index (χ0n) is 9.37. The van der Waals surface area contributed by atoms with Gasteiger partial charge in [-0.3, -0.25) is 9.48 Å². The van der Waals surface area contributed by atoms with Crippen molar-refractivity contribution in [3.63, 3.8) is 0 Å². The standard InChI is InChI=1S/C9H14N4O4/c1-17-9(16)7(14)4-11-8(15)2-3-13-6-10-5-12-13/h5-7,14H,2-4H2,1H3,(H,11,15). The van der Waals surface area contributed by atoms with Crippen molar-refractivity contribution in [2.45, 2.75) is 19.1 Å². The summed E-state index contributed by atoms with van der Waals surface area (Å²) >= 11 is 0. The summed E-state index contributed by atoms with van der Waals surface area (Å²) in [5.74, 6) is -1.06. The number of ether oxygens (including phenoxy) is 1. The Morgan fingerprint density at radius 2 is 2.35 bits per heavy atom. The minimum atomic E-state index is -1.34. The van der Waals surface area contributed by atoms with E-state index >= 15 is 0 Å². The van der Waals surface area contributed by atoms with Crippen LogP contribution >= 0.6 is 0 Å². The summed E-state index contributed by atoms with van der Waals surface area (Å²) in [6, 6.07) is 0. The Kier molecular flexibility index (Phi) is 5.08. The second-order valence-corrected chi connectivity index (χ2v) is 3.25. The number of aliphatic hydroxyl groups excluding tert-OH is 1. The van der Waals surface area contributed by atoms with Crippen LogP contribution in [-0.2, 0) is 20.9 Å². The molecule has 0 aromatic carbocycles. The molecule has 0 spiro atoms. The molecule has 0 radical (unpaired) electrons. The lowest BCUT2D eigenvalue weighted by molar-refractivity contribution is -0.150. The largest absolute Gasteiger partial charge is 0.467 e. The molecule has 0 aliphatic heterocycles. The van der Waals surface area contributed by atoms with Gasteiger partial charge in [0.1, 0.15) is 12.7 Å². The summed E-state index contributed by atoms with van der Waals surface area (Å²) in [6.45, 7) is 0.225. The van der Waals surface area contributed by atoms with Crippen molar-refractivity contribution in [3.8, 4) is 0 Å². The number of amides is 1. The van der Waals surface area contributed by atoms with E-state index in [1.165, 1.54) is 17.3 Å². The van der Waals surface area contributed by atoms with Gasteiger partial charge in [0.15, 0.2) is 6.10 Å². The van der Waals surface area contributed by atoms with E-state index in [0.717, 1.165) is 7.11 Å². The highest BCUT2D eigenvalue weighted by atomic mass is 16.5. The SMILES string of the molecule is COC(=O)C(O)CNC(=O)CCn1cncn1. The highest BCUT2D eigenvalue weighted by Gasteiger charge is 2.15. The molecule has 0 saturated heterocycles. The van der Waals surface area contributed by atoms with E-state index in [2.05, 4.69) is 20.1 Å². The first-order valence-corrected chi connectivity index (χ1v) is 4.98. The van der Waals surface area contributed by atoms with Gasteiger partial charge in [-0.05, 0) is 0 Å². The van der Waals surface area contributed by atoms with Crippen molar-refractivity contribution in [2.24, 2.45) is 0 Å². The van der Waals surface area contributed by atoms with Crippen molar-refractivity contribution >= 4 is 11.9 Å². The van der Waals surface area contributed by atoms with Crippen LogP contribution in [0.5, 0.6) is 0 Å². The summed E-state index contributed by atoms with van der Waals surface area (Å²) < 4.78 is 5.81. The van der Waals surface area contributed by atoms with Gasteiger partial charge in [0, 0.05) is 6.42 Å². The summed E-state index contributed by atoms with van der Waals surface area (Å²) in [7, 11) is 1.16. The summed E-state index contributed by atoms with van der Waals surface area (Å²) in [5, 5.41) is 15.4. The fraction of sp³-hybridized carbons (Fsp3) is 0.556. The molecule has 0 bridgehead atoms. The molecule has 1 rings (SSSR count). The van der Waals surface area contributed by atoms with Gasteiger partial charge in [-0.15, -0.1) is 0 Å². The predicted molar refractivity (Wildman–Crippen MR) is 55.7 cm³/mol. The summed E-state index contributed by atoms with van der Waals surface area (Å²) in [4.78, 5) is 25.9. The highest BCUT2D eigenvalue weighted by molar-refractivity contribution is 5.78. The lowest BCUT2D eigenvalue weighted by Gasteiger charge is -2.09. The van der Waals surface area contributed by atoms with Gasteiger partial charge < -0.3 is 15.2 Å². The van der Waals surface area contributed by atoms with Gasteiger partial charge in [-0.25, -0.2) is 9.78 Å². The third-order valence-electron chi connectivity index (χ3n) is 2.00. The van der Waals surface area contributed by atoms with Crippen LogP contribution in [0.15, 0.2) is 12.7 Å². The Hall–Kier alpha value is -1.96. The van der Waals surface area contributed by atoms with E-state index in [4.69, 9.17) is 0 Å². The van der Waals surface area contributed by atoms with Crippen LogP contribution in [0.1, 0.15) is 6.42 Å². The number of rotatable bonds is 6. The second kappa shape index (κ2) is 6.59. The molecule has 0 fully saturated rings.